The third kappa shape index (κ3) is 5.97. The number of hydrogen-bond acceptors (Lipinski definition) is 3. The number of benzene rings is 11. The Bertz CT molecular complexity index is 4170. The molecule has 1 aromatic heterocycles. The lowest BCUT2D eigenvalue weighted by Crippen LogP contribution is -2.35. The molecular weight excluding hydrogens is 901 g/mol. The minimum absolute atomic E-state index is 0.138. The molecule has 0 saturated carbocycles. The van der Waals surface area contributed by atoms with E-state index in [1.807, 2.05) is 11.3 Å². The van der Waals surface area contributed by atoms with Gasteiger partial charge in [0.15, 0.2) is 0 Å². The van der Waals surface area contributed by atoms with Crippen LogP contribution in [0.25, 0.3) is 64.7 Å². The van der Waals surface area contributed by atoms with E-state index in [0.717, 1.165) is 17.1 Å². The van der Waals surface area contributed by atoms with Gasteiger partial charge in [0.1, 0.15) is 0 Å². The first-order valence-corrected chi connectivity index (χ1v) is 26.2. The third-order valence-corrected chi connectivity index (χ3v) is 17.4. The summed E-state index contributed by atoms with van der Waals surface area (Å²) in [5, 5.41) is 2.58. The molecule has 3 aliphatic rings. The zero-order chi connectivity index (χ0) is 48.4. The van der Waals surface area contributed by atoms with Crippen molar-refractivity contribution in [2.45, 2.75) is 24.7 Å². The van der Waals surface area contributed by atoms with Gasteiger partial charge in [-0.15, -0.1) is 11.3 Å². The van der Waals surface area contributed by atoms with Crippen molar-refractivity contribution in [2.75, 3.05) is 9.80 Å². The van der Waals surface area contributed by atoms with Crippen LogP contribution in [0.3, 0.4) is 0 Å². The summed E-state index contributed by atoms with van der Waals surface area (Å²) < 4.78 is 2.58. The SMILES string of the molecule is CC1(C)c2ccccc2-c2ccc(N(c3ccc(-c4cc(-c5ccccc5)c5c(c4)C4(c6ccccc6)c6ccccc6N(c6ccccc6)c6cccc-5c64)cc3)c3cccc4c3sc3ccccc34)cc21. The van der Waals surface area contributed by atoms with Crippen LogP contribution in [0, 0.1) is 0 Å². The molecule has 0 fully saturated rings. The Morgan fingerprint density at radius 1 is 0.397 bits per heavy atom. The van der Waals surface area contributed by atoms with Crippen LogP contribution in [-0.4, -0.2) is 0 Å². The van der Waals surface area contributed by atoms with Gasteiger partial charge in [-0.25, -0.2) is 0 Å². The van der Waals surface area contributed by atoms with Crippen molar-refractivity contribution in [3.8, 4) is 44.5 Å². The van der Waals surface area contributed by atoms with Crippen LogP contribution in [0.2, 0.25) is 0 Å². The molecule has 1 atom stereocenters. The third-order valence-electron chi connectivity index (χ3n) is 16.2. The summed E-state index contributed by atoms with van der Waals surface area (Å²) in [4.78, 5) is 4.98. The Balaban J connectivity index is 0.953. The highest BCUT2D eigenvalue weighted by atomic mass is 32.1. The lowest BCUT2D eigenvalue weighted by atomic mass is 9.64. The zero-order valence-corrected chi connectivity index (χ0v) is 41.4. The molecule has 2 heterocycles. The number of anilines is 6. The van der Waals surface area contributed by atoms with Gasteiger partial charge in [0.05, 0.1) is 27.2 Å². The van der Waals surface area contributed by atoms with Crippen molar-refractivity contribution >= 4 is 65.6 Å². The first-order valence-electron chi connectivity index (χ1n) is 25.4. The first-order chi connectivity index (χ1) is 36.0. The minimum Gasteiger partial charge on any atom is -0.310 e. The van der Waals surface area contributed by atoms with Crippen molar-refractivity contribution in [1.82, 2.24) is 0 Å². The average Bonchev–Trinajstić information content (AvgIpc) is 4.17. The van der Waals surface area contributed by atoms with Gasteiger partial charge in [-0.3, -0.25) is 0 Å². The lowest BCUT2D eigenvalue weighted by molar-refractivity contribution is 0.660. The maximum atomic E-state index is 2.53. The zero-order valence-electron chi connectivity index (χ0n) is 40.6. The van der Waals surface area contributed by atoms with Crippen molar-refractivity contribution in [3.05, 3.63) is 288 Å². The van der Waals surface area contributed by atoms with E-state index in [-0.39, 0.29) is 5.41 Å². The molecule has 344 valence electrons. The Kier molecular flexibility index (Phi) is 9.12. The molecule has 2 nitrogen and oxygen atoms in total. The summed E-state index contributed by atoms with van der Waals surface area (Å²) in [5.41, 5.74) is 24.2. The Morgan fingerprint density at radius 3 is 1.85 bits per heavy atom. The van der Waals surface area contributed by atoms with Crippen molar-refractivity contribution in [2.24, 2.45) is 0 Å². The molecule has 0 spiro atoms. The molecule has 73 heavy (non-hydrogen) atoms. The standard InChI is InChI=1S/C70H48N2S/c1-69(2)58-30-14-12-26-52(58)53-41-40-51(44-60(53)69)71(64-34-18-28-55-54-27-13-17-35-65(54)73-68(55)64)50-38-36-45(37-39-50)47-42-57(46-20-6-3-7-21-46)66-56-29-19-33-63-67(56)70(61(66)43-47,48-22-8-4-9-23-48)59-31-15-16-32-62(59)72(63)49-24-10-5-11-25-49/h3-44H,1-2H3. The Hall–Kier alpha value is -8.76. The van der Waals surface area contributed by atoms with Crippen LogP contribution in [-0.2, 0) is 10.8 Å². The summed E-state index contributed by atoms with van der Waals surface area (Å²) in [6.45, 7) is 4.75. The first kappa shape index (κ1) is 42.0. The normalized spacial score (nSPS) is 15.4. The molecule has 1 unspecified atom stereocenters. The number of rotatable bonds is 7. The van der Waals surface area contributed by atoms with Gasteiger partial charge >= 0.3 is 0 Å². The van der Waals surface area contributed by atoms with E-state index in [4.69, 9.17) is 0 Å². The van der Waals surface area contributed by atoms with Gasteiger partial charge in [0.2, 0.25) is 0 Å². The molecule has 0 N–H and O–H groups in total. The van der Waals surface area contributed by atoms with Crippen molar-refractivity contribution in [1.29, 1.82) is 0 Å². The summed E-state index contributed by atoms with van der Waals surface area (Å²) in [6, 6.07) is 95.3. The van der Waals surface area contributed by atoms with Gasteiger partial charge in [0.25, 0.3) is 0 Å². The Morgan fingerprint density at radius 2 is 1.03 bits per heavy atom. The fourth-order valence-corrected chi connectivity index (χ4v) is 14.3. The summed E-state index contributed by atoms with van der Waals surface area (Å²) in [6.07, 6.45) is 0. The monoisotopic (exact) mass is 948 g/mol. The van der Waals surface area contributed by atoms with Crippen LogP contribution >= 0.6 is 11.3 Å². The maximum absolute atomic E-state index is 2.53. The Labute approximate surface area is 430 Å². The molecule has 0 radical (unpaired) electrons. The van der Waals surface area contributed by atoms with Crippen LogP contribution in [0.5, 0.6) is 0 Å². The quantitative estimate of drug-likeness (QED) is 0.157. The molecule has 2 aliphatic carbocycles. The number of hydrogen-bond donors (Lipinski definition) is 0. The topological polar surface area (TPSA) is 6.48 Å². The molecule has 11 aromatic carbocycles. The van der Waals surface area contributed by atoms with Crippen molar-refractivity contribution in [3.63, 3.8) is 0 Å². The molecule has 15 rings (SSSR count). The maximum Gasteiger partial charge on any atom is 0.0754 e. The fourth-order valence-electron chi connectivity index (χ4n) is 13.1. The number of thiophene rings is 1. The highest BCUT2D eigenvalue weighted by Crippen LogP contribution is 2.66. The smallest absolute Gasteiger partial charge is 0.0754 e. The van der Waals surface area contributed by atoms with E-state index >= 15 is 0 Å². The fraction of sp³-hybridized carbons (Fsp3) is 0.0571. The highest BCUT2D eigenvalue weighted by molar-refractivity contribution is 7.26. The van der Waals surface area contributed by atoms with Gasteiger partial charge in [-0.05, 0) is 145 Å². The average molecular weight is 949 g/mol. The van der Waals surface area contributed by atoms with E-state index in [1.165, 1.54) is 115 Å². The van der Waals surface area contributed by atoms with Crippen LogP contribution < -0.4 is 9.80 Å². The molecule has 12 aromatic rings. The number of para-hydroxylation sites is 2. The number of nitrogens with zero attached hydrogens (tertiary/aromatic N) is 2. The van der Waals surface area contributed by atoms with Gasteiger partial charge in [-0.2, -0.15) is 0 Å². The molecule has 3 heteroatoms. The van der Waals surface area contributed by atoms with Crippen molar-refractivity contribution < 1.29 is 0 Å². The van der Waals surface area contributed by atoms with Crippen LogP contribution in [0.1, 0.15) is 47.2 Å². The van der Waals surface area contributed by atoms with E-state index in [2.05, 4.69) is 278 Å². The predicted molar refractivity (Wildman–Crippen MR) is 308 cm³/mol. The predicted octanol–water partition coefficient (Wildman–Crippen LogP) is 19.3. The second kappa shape index (κ2) is 15.9. The van der Waals surface area contributed by atoms with E-state index in [9.17, 15) is 0 Å². The highest BCUT2D eigenvalue weighted by Gasteiger charge is 2.53. The van der Waals surface area contributed by atoms with E-state index in [0.29, 0.717) is 0 Å². The van der Waals surface area contributed by atoms with Gasteiger partial charge < -0.3 is 9.80 Å². The molecular formula is C70H48N2S. The van der Waals surface area contributed by atoms with Gasteiger partial charge in [-0.1, -0.05) is 196 Å². The van der Waals surface area contributed by atoms with Gasteiger partial charge in [0, 0.05) is 43.5 Å². The summed E-state index contributed by atoms with van der Waals surface area (Å²) in [7, 11) is 0. The molecule has 0 amide bonds. The van der Waals surface area contributed by atoms with E-state index in [1.54, 1.807) is 0 Å². The summed E-state index contributed by atoms with van der Waals surface area (Å²) in [5.74, 6) is 0. The lowest BCUT2D eigenvalue weighted by Gasteiger charge is -2.44. The molecule has 0 saturated heterocycles. The van der Waals surface area contributed by atoms with Crippen LogP contribution in [0.4, 0.5) is 34.1 Å². The minimum atomic E-state index is -0.593. The number of fused-ring (bicyclic) bond motifs is 11. The largest absolute Gasteiger partial charge is 0.310 e. The molecule has 1 aliphatic heterocycles. The molecule has 0 bridgehead atoms. The second-order valence-corrected chi connectivity index (χ2v) is 21.4. The summed E-state index contributed by atoms with van der Waals surface area (Å²) >= 11 is 1.88. The second-order valence-electron chi connectivity index (χ2n) is 20.4. The van der Waals surface area contributed by atoms with E-state index < -0.39 is 5.41 Å². The van der Waals surface area contributed by atoms with Crippen LogP contribution in [0.15, 0.2) is 255 Å².